The maximum atomic E-state index is 5.52. The average molecular weight is 289 g/mol. The lowest BCUT2D eigenvalue weighted by Gasteiger charge is -2.26. The van der Waals surface area contributed by atoms with Crippen LogP contribution >= 0.6 is 24.8 Å². The smallest absolute Gasteiger partial charge is 0.0169 e. The van der Waals surface area contributed by atoms with E-state index in [1.807, 2.05) is 0 Å². The van der Waals surface area contributed by atoms with Crippen LogP contribution in [0.4, 0.5) is 0 Å². The van der Waals surface area contributed by atoms with Gasteiger partial charge in [-0.25, -0.2) is 0 Å². The van der Waals surface area contributed by atoms with Crippen LogP contribution in [-0.2, 0) is 0 Å². The molecule has 2 rings (SSSR count). The lowest BCUT2D eigenvalue weighted by Crippen LogP contribution is -2.30. The Morgan fingerprint density at radius 3 is 2.39 bits per heavy atom. The van der Waals surface area contributed by atoms with Crippen molar-refractivity contribution in [3.8, 4) is 0 Å². The first-order valence-corrected chi connectivity index (χ1v) is 6.07. The molecule has 1 heterocycles. The van der Waals surface area contributed by atoms with Gasteiger partial charge in [0, 0.05) is 13.1 Å². The number of benzene rings is 1. The van der Waals surface area contributed by atoms with Crippen molar-refractivity contribution < 1.29 is 0 Å². The molecular weight excluding hydrogens is 267 g/mol. The second-order valence-electron chi connectivity index (χ2n) is 4.29. The van der Waals surface area contributed by atoms with Gasteiger partial charge in [0.15, 0.2) is 0 Å². The van der Waals surface area contributed by atoms with E-state index < -0.39 is 0 Å². The van der Waals surface area contributed by atoms with Crippen LogP contribution in [0.5, 0.6) is 0 Å². The maximum absolute atomic E-state index is 5.52. The highest BCUT2D eigenvalue weighted by atomic mass is 35.5. The van der Waals surface area contributed by atoms with Crippen molar-refractivity contribution in [3.63, 3.8) is 0 Å². The Labute approximate surface area is 122 Å². The Morgan fingerprint density at radius 1 is 1.11 bits per heavy atom. The van der Waals surface area contributed by atoms with E-state index in [4.69, 9.17) is 5.73 Å². The number of halogens is 2. The van der Waals surface area contributed by atoms with Crippen LogP contribution in [0.2, 0.25) is 0 Å². The van der Waals surface area contributed by atoms with Gasteiger partial charge in [0.25, 0.3) is 0 Å². The monoisotopic (exact) mass is 288 g/mol. The zero-order valence-corrected chi connectivity index (χ0v) is 12.2. The molecule has 0 amide bonds. The van der Waals surface area contributed by atoms with Gasteiger partial charge in [-0.05, 0) is 37.1 Å². The third-order valence-electron chi connectivity index (χ3n) is 3.12. The Morgan fingerprint density at radius 2 is 1.83 bits per heavy atom. The van der Waals surface area contributed by atoms with Crippen LogP contribution < -0.4 is 5.73 Å². The summed E-state index contributed by atoms with van der Waals surface area (Å²) in [6, 6.07) is 10.7. The van der Waals surface area contributed by atoms with E-state index in [2.05, 4.69) is 41.3 Å². The van der Waals surface area contributed by atoms with Crippen LogP contribution in [0.1, 0.15) is 18.4 Å². The molecule has 0 unspecified atom stereocenters. The quantitative estimate of drug-likeness (QED) is 0.923. The summed E-state index contributed by atoms with van der Waals surface area (Å²) in [6.07, 6.45) is 4.62. The molecule has 1 aliphatic rings. The van der Waals surface area contributed by atoms with Gasteiger partial charge in [-0.3, -0.25) is 4.90 Å². The van der Waals surface area contributed by atoms with Gasteiger partial charge >= 0.3 is 0 Å². The predicted molar refractivity (Wildman–Crippen MR) is 83.6 cm³/mol. The van der Waals surface area contributed by atoms with Gasteiger partial charge in [0.2, 0.25) is 0 Å². The minimum Gasteiger partial charge on any atom is -0.330 e. The Bertz CT molecular complexity index is 352. The van der Waals surface area contributed by atoms with Gasteiger partial charge in [-0.15, -0.1) is 24.8 Å². The molecule has 0 fully saturated rings. The van der Waals surface area contributed by atoms with Crippen LogP contribution in [0.3, 0.4) is 0 Å². The fourth-order valence-corrected chi connectivity index (χ4v) is 2.14. The Kier molecular flexibility index (Phi) is 9.12. The molecule has 2 N–H and O–H groups in total. The normalized spacial score (nSPS) is 15.3. The minimum atomic E-state index is 0. The molecule has 0 saturated carbocycles. The standard InChI is InChI=1S/C14H20N2.2ClH/c15-9-4-10-16-11-7-14(8-12-16)13-5-2-1-3-6-13;;/h1-3,5-7H,4,8-12,15H2;2*1H. The molecule has 102 valence electrons. The summed E-state index contributed by atoms with van der Waals surface area (Å²) in [6.45, 7) is 4.17. The summed E-state index contributed by atoms with van der Waals surface area (Å²) in [4.78, 5) is 2.47. The number of hydrogen-bond acceptors (Lipinski definition) is 2. The molecule has 2 nitrogen and oxygen atoms in total. The van der Waals surface area contributed by atoms with E-state index in [9.17, 15) is 0 Å². The topological polar surface area (TPSA) is 29.3 Å². The molecule has 4 heteroatoms. The van der Waals surface area contributed by atoms with Gasteiger partial charge in [-0.2, -0.15) is 0 Å². The van der Waals surface area contributed by atoms with E-state index in [0.717, 1.165) is 32.5 Å². The van der Waals surface area contributed by atoms with Crippen molar-refractivity contribution in [2.24, 2.45) is 5.73 Å². The summed E-state index contributed by atoms with van der Waals surface area (Å²) in [7, 11) is 0. The van der Waals surface area contributed by atoms with E-state index in [-0.39, 0.29) is 24.8 Å². The highest BCUT2D eigenvalue weighted by molar-refractivity contribution is 5.85. The van der Waals surface area contributed by atoms with Crippen molar-refractivity contribution in [2.45, 2.75) is 12.8 Å². The molecule has 1 aromatic rings. The fourth-order valence-electron chi connectivity index (χ4n) is 2.14. The molecule has 1 aliphatic heterocycles. The summed E-state index contributed by atoms with van der Waals surface area (Å²) in [5.74, 6) is 0. The van der Waals surface area contributed by atoms with E-state index >= 15 is 0 Å². The van der Waals surface area contributed by atoms with Crippen molar-refractivity contribution in [3.05, 3.63) is 42.0 Å². The lowest BCUT2D eigenvalue weighted by molar-refractivity contribution is 0.300. The SMILES string of the molecule is Cl.Cl.NCCCN1CC=C(c2ccccc2)CC1. The van der Waals surface area contributed by atoms with E-state index in [1.165, 1.54) is 17.7 Å². The molecular formula is C14H22Cl2N2. The first-order chi connectivity index (χ1) is 7.90. The number of nitrogens with two attached hydrogens (primary N) is 1. The van der Waals surface area contributed by atoms with Crippen LogP contribution in [-0.4, -0.2) is 31.1 Å². The van der Waals surface area contributed by atoms with Crippen molar-refractivity contribution in [1.29, 1.82) is 0 Å². The zero-order valence-electron chi connectivity index (χ0n) is 10.5. The molecule has 0 saturated heterocycles. The highest BCUT2D eigenvalue weighted by Gasteiger charge is 2.11. The average Bonchev–Trinajstić information content (AvgIpc) is 2.38. The van der Waals surface area contributed by atoms with Crippen LogP contribution in [0, 0.1) is 0 Å². The first kappa shape index (κ1) is 17.5. The molecule has 0 atom stereocenters. The van der Waals surface area contributed by atoms with Crippen molar-refractivity contribution in [1.82, 2.24) is 4.90 Å². The molecule has 0 bridgehead atoms. The fraction of sp³-hybridized carbons (Fsp3) is 0.429. The third kappa shape index (κ3) is 4.99. The van der Waals surface area contributed by atoms with Gasteiger partial charge in [0.1, 0.15) is 0 Å². The Hall–Kier alpha value is -0.540. The van der Waals surface area contributed by atoms with E-state index in [1.54, 1.807) is 0 Å². The second kappa shape index (κ2) is 9.40. The number of nitrogens with zero attached hydrogens (tertiary/aromatic N) is 1. The van der Waals surface area contributed by atoms with Crippen LogP contribution in [0.25, 0.3) is 5.57 Å². The minimum absolute atomic E-state index is 0. The molecule has 0 aliphatic carbocycles. The van der Waals surface area contributed by atoms with Crippen LogP contribution in [0.15, 0.2) is 36.4 Å². The van der Waals surface area contributed by atoms with Gasteiger partial charge in [0.05, 0.1) is 0 Å². The summed E-state index contributed by atoms with van der Waals surface area (Å²) >= 11 is 0. The van der Waals surface area contributed by atoms with Gasteiger partial charge < -0.3 is 5.73 Å². The molecule has 0 aromatic heterocycles. The molecule has 18 heavy (non-hydrogen) atoms. The second-order valence-corrected chi connectivity index (χ2v) is 4.29. The largest absolute Gasteiger partial charge is 0.330 e. The summed E-state index contributed by atoms with van der Waals surface area (Å²) in [5, 5.41) is 0. The molecule has 1 aromatic carbocycles. The number of hydrogen-bond donors (Lipinski definition) is 1. The summed E-state index contributed by atoms with van der Waals surface area (Å²) in [5.41, 5.74) is 8.39. The van der Waals surface area contributed by atoms with Gasteiger partial charge in [-0.1, -0.05) is 36.4 Å². The Balaban J connectivity index is 0.00000144. The number of rotatable bonds is 4. The van der Waals surface area contributed by atoms with Crippen molar-refractivity contribution >= 4 is 30.4 Å². The highest BCUT2D eigenvalue weighted by Crippen LogP contribution is 2.21. The third-order valence-corrected chi connectivity index (χ3v) is 3.12. The lowest BCUT2D eigenvalue weighted by atomic mass is 9.99. The van der Waals surface area contributed by atoms with E-state index in [0.29, 0.717) is 0 Å². The predicted octanol–water partition coefficient (Wildman–Crippen LogP) is 2.97. The first-order valence-electron chi connectivity index (χ1n) is 6.07. The zero-order chi connectivity index (χ0) is 11.2. The summed E-state index contributed by atoms with van der Waals surface area (Å²) < 4.78 is 0. The maximum Gasteiger partial charge on any atom is 0.0169 e. The van der Waals surface area contributed by atoms with Crippen molar-refractivity contribution in [2.75, 3.05) is 26.2 Å². The molecule has 0 radical (unpaired) electrons. The molecule has 0 spiro atoms.